The normalized spacial score (nSPS) is 10.4. The number of hydrogen-bond acceptors (Lipinski definition) is 8. The highest BCUT2D eigenvalue weighted by atomic mass is 16.6. The average Bonchev–Trinajstić information content (AvgIpc) is 3.12. The van der Waals surface area contributed by atoms with Crippen molar-refractivity contribution < 1.29 is 14.5 Å². The van der Waals surface area contributed by atoms with E-state index in [1.165, 1.54) is 18.0 Å². The number of rotatable bonds is 5. The summed E-state index contributed by atoms with van der Waals surface area (Å²) in [6.45, 7) is 1.77. The van der Waals surface area contributed by atoms with Gasteiger partial charge in [-0.15, -0.1) is 0 Å². The third-order valence-corrected chi connectivity index (χ3v) is 3.41. The molecule has 0 saturated carbocycles. The molecule has 10 heteroatoms. The number of benzene rings is 1. The Morgan fingerprint density at radius 2 is 2.00 bits per heavy atom. The van der Waals surface area contributed by atoms with E-state index in [4.69, 9.17) is 0 Å². The smallest absolute Gasteiger partial charge is 0.337 e. The van der Waals surface area contributed by atoms with Crippen LogP contribution in [0.2, 0.25) is 0 Å². The summed E-state index contributed by atoms with van der Waals surface area (Å²) in [7, 11) is 1.32. The largest absolute Gasteiger partial charge is 0.465 e. The first-order chi connectivity index (χ1) is 12.5. The van der Waals surface area contributed by atoms with E-state index >= 15 is 0 Å². The summed E-state index contributed by atoms with van der Waals surface area (Å²) in [5, 5.41) is 17.8. The molecular weight excluding hydrogens is 340 g/mol. The summed E-state index contributed by atoms with van der Waals surface area (Å²) in [5.74, 6) is 0.264. The first-order valence-corrected chi connectivity index (χ1v) is 7.47. The zero-order valence-corrected chi connectivity index (χ0v) is 13.9. The van der Waals surface area contributed by atoms with Crippen molar-refractivity contribution in [2.45, 2.75) is 6.92 Å². The fourth-order valence-corrected chi connectivity index (χ4v) is 2.19. The molecule has 1 aromatic carbocycles. The SMILES string of the molecule is COC(=O)c1ccc(Nc2cc(C)nc(-n3cc([N+](=O)[O-])cn3)n2)cc1. The van der Waals surface area contributed by atoms with Crippen molar-refractivity contribution in [3.05, 3.63) is 64.1 Å². The second-order valence-electron chi connectivity index (χ2n) is 5.29. The van der Waals surface area contributed by atoms with Crippen molar-refractivity contribution in [2.24, 2.45) is 0 Å². The van der Waals surface area contributed by atoms with Crippen LogP contribution in [0.15, 0.2) is 42.7 Å². The summed E-state index contributed by atoms with van der Waals surface area (Å²) < 4.78 is 5.89. The number of nitrogens with zero attached hydrogens (tertiary/aromatic N) is 5. The molecule has 2 aromatic heterocycles. The van der Waals surface area contributed by atoms with Crippen molar-refractivity contribution in [3.63, 3.8) is 0 Å². The lowest BCUT2D eigenvalue weighted by Crippen LogP contribution is -2.06. The Labute approximate surface area is 147 Å². The molecule has 3 aromatic rings. The van der Waals surface area contributed by atoms with Crippen molar-refractivity contribution in [2.75, 3.05) is 12.4 Å². The molecule has 0 radical (unpaired) electrons. The van der Waals surface area contributed by atoms with Gasteiger partial charge in [-0.1, -0.05) is 0 Å². The lowest BCUT2D eigenvalue weighted by atomic mass is 10.2. The fourth-order valence-electron chi connectivity index (χ4n) is 2.19. The van der Waals surface area contributed by atoms with Crippen LogP contribution in [0.1, 0.15) is 16.1 Å². The molecule has 0 aliphatic carbocycles. The number of carbonyl (C=O) groups excluding carboxylic acids is 1. The maximum atomic E-state index is 11.5. The van der Waals surface area contributed by atoms with Crippen LogP contribution in [0.25, 0.3) is 5.95 Å². The Morgan fingerprint density at radius 3 is 2.62 bits per heavy atom. The van der Waals surface area contributed by atoms with Gasteiger partial charge in [-0.05, 0) is 31.2 Å². The van der Waals surface area contributed by atoms with E-state index in [1.807, 2.05) is 0 Å². The van der Waals surface area contributed by atoms with Crippen LogP contribution in [0.3, 0.4) is 0 Å². The number of esters is 1. The quantitative estimate of drug-likeness (QED) is 0.420. The Kier molecular flexibility index (Phi) is 4.56. The molecule has 0 amide bonds. The molecule has 0 bridgehead atoms. The highest BCUT2D eigenvalue weighted by Gasteiger charge is 2.13. The predicted octanol–water partition coefficient (Wildman–Crippen LogP) is 2.41. The van der Waals surface area contributed by atoms with Gasteiger partial charge in [-0.3, -0.25) is 10.1 Å². The number of ether oxygens (including phenoxy) is 1. The maximum absolute atomic E-state index is 11.5. The van der Waals surface area contributed by atoms with Crippen LogP contribution in [0.5, 0.6) is 0 Å². The molecule has 132 valence electrons. The third kappa shape index (κ3) is 3.64. The summed E-state index contributed by atoms with van der Waals surface area (Å²) >= 11 is 0. The Morgan fingerprint density at radius 1 is 1.27 bits per heavy atom. The molecule has 2 heterocycles. The molecule has 0 spiro atoms. The minimum atomic E-state index is -0.540. The monoisotopic (exact) mass is 354 g/mol. The van der Waals surface area contributed by atoms with Gasteiger partial charge in [0.1, 0.15) is 18.2 Å². The van der Waals surface area contributed by atoms with E-state index < -0.39 is 10.9 Å². The van der Waals surface area contributed by atoms with Gasteiger partial charge in [0.15, 0.2) is 0 Å². The second-order valence-corrected chi connectivity index (χ2v) is 5.29. The van der Waals surface area contributed by atoms with Gasteiger partial charge in [0, 0.05) is 17.4 Å². The Hall–Kier alpha value is -3.82. The molecule has 3 rings (SSSR count). The van der Waals surface area contributed by atoms with Crippen LogP contribution in [-0.2, 0) is 4.74 Å². The zero-order chi connectivity index (χ0) is 18.7. The number of carbonyl (C=O) groups is 1. The maximum Gasteiger partial charge on any atom is 0.337 e. The van der Waals surface area contributed by atoms with Crippen LogP contribution in [0, 0.1) is 17.0 Å². The van der Waals surface area contributed by atoms with E-state index in [2.05, 4.69) is 25.1 Å². The highest BCUT2D eigenvalue weighted by molar-refractivity contribution is 5.89. The standard InChI is InChI=1S/C16H14N6O4/c1-10-7-14(19-12-5-3-11(4-6-12)15(23)26-2)20-16(18-10)21-9-13(8-17-21)22(24)25/h3-9H,1-2H3,(H,18,19,20). The fraction of sp³-hybridized carbons (Fsp3) is 0.125. The van der Waals surface area contributed by atoms with Gasteiger partial charge in [-0.2, -0.15) is 14.8 Å². The van der Waals surface area contributed by atoms with Gasteiger partial charge in [0.05, 0.1) is 17.6 Å². The topological polar surface area (TPSA) is 125 Å². The highest BCUT2D eigenvalue weighted by Crippen LogP contribution is 2.18. The van der Waals surface area contributed by atoms with E-state index in [9.17, 15) is 14.9 Å². The van der Waals surface area contributed by atoms with Gasteiger partial charge in [-0.25, -0.2) is 9.78 Å². The first kappa shape index (κ1) is 17.0. The van der Waals surface area contributed by atoms with Crippen molar-refractivity contribution in [1.29, 1.82) is 0 Å². The number of hydrogen-bond donors (Lipinski definition) is 1. The summed E-state index contributed by atoms with van der Waals surface area (Å²) in [5.41, 5.74) is 1.64. The summed E-state index contributed by atoms with van der Waals surface area (Å²) in [6.07, 6.45) is 2.37. The molecule has 0 aliphatic rings. The number of aromatic nitrogens is 4. The second kappa shape index (κ2) is 6.97. The van der Waals surface area contributed by atoms with Gasteiger partial charge in [0.25, 0.3) is 5.95 Å². The zero-order valence-electron chi connectivity index (χ0n) is 13.9. The molecule has 0 atom stereocenters. The molecule has 0 aliphatic heterocycles. The van der Waals surface area contributed by atoms with Crippen LogP contribution in [-0.4, -0.2) is 37.8 Å². The van der Waals surface area contributed by atoms with Crippen LogP contribution in [0.4, 0.5) is 17.2 Å². The Bertz CT molecular complexity index is 967. The van der Waals surface area contributed by atoms with Gasteiger partial charge in [0.2, 0.25) is 0 Å². The molecule has 26 heavy (non-hydrogen) atoms. The molecular formula is C16H14N6O4. The summed E-state index contributed by atoms with van der Waals surface area (Å²) in [4.78, 5) is 30.2. The first-order valence-electron chi connectivity index (χ1n) is 7.47. The van der Waals surface area contributed by atoms with Crippen molar-refractivity contribution in [3.8, 4) is 5.95 Å². The minimum absolute atomic E-state index is 0.150. The van der Waals surface area contributed by atoms with Crippen molar-refractivity contribution in [1.82, 2.24) is 19.7 Å². The third-order valence-electron chi connectivity index (χ3n) is 3.41. The lowest BCUT2D eigenvalue weighted by Gasteiger charge is -2.09. The molecule has 0 unspecified atom stereocenters. The Balaban J connectivity index is 1.85. The van der Waals surface area contributed by atoms with Gasteiger partial charge >= 0.3 is 11.7 Å². The number of nitro groups is 1. The number of methoxy groups -OCH3 is 1. The van der Waals surface area contributed by atoms with Crippen molar-refractivity contribution >= 4 is 23.2 Å². The van der Waals surface area contributed by atoms with Crippen LogP contribution < -0.4 is 5.32 Å². The average molecular weight is 354 g/mol. The van der Waals surface area contributed by atoms with E-state index in [0.29, 0.717) is 22.8 Å². The predicted molar refractivity (Wildman–Crippen MR) is 91.6 cm³/mol. The molecule has 0 saturated heterocycles. The van der Waals surface area contributed by atoms with E-state index in [1.54, 1.807) is 37.3 Å². The van der Waals surface area contributed by atoms with E-state index in [-0.39, 0.29) is 11.6 Å². The lowest BCUT2D eigenvalue weighted by molar-refractivity contribution is -0.384. The van der Waals surface area contributed by atoms with E-state index in [0.717, 1.165) is 6.20 Å². The van der Waals surface area contributed by atoms with Crippen LogP contribution >= 0.6 is 0 Å². The molecule has 1 N–H and O–H groups in total. The summed E-state index contributed by atoms with van der Waals surface area (Å²) in [6, 6.07) is 8.39. The molecule has 10 nitrogen and oxygen atoms in total. The number of aryl methyl sites for hydroxylation is 1. The molecule has 0 fully saturated rings. The van der Waals surface area contributed by atoms with Gasteiger partial charge < -0.3 is 10.1 Å². The number of nitrogens with one attached hydrogen (secondary N) is 1. The number of anilines is 2. The minimum Gasteiger partial charge on any atom is -0.465 e.